The van der Waals surface area contributed by atoms with E-state index in [4.69, 9.17) is 34.8 Å². The Morgan fingerprint density at radius 3 is 2.38 bits per heavy atom. The Kier molecular flexibility index (Phi) is 5.87. The second kappa shape index (κ2) is 8.12. The smallest absolute Gasteiger partial charge is 0.256 e. The van der Waals surface area contributed by atoms with Crippen molar-refractivity contribution in [1.82, 2.24) is 15.1 Å². The first kappa shape index (κ1) is 18.8. The van der Waals surface area contributed by atoms with E-state index in [9.17, 15) is 4.79 Å². The minimum absolute atomic E-state index is 0.261. The minimum atomic E-state index is -0.261. The lowest BCUT2D eigenvalue weighted by molar-refractivity contribution is 0.0953. The minimum Gasteiger partial charge on any atom is -0.352 e. The third kappa shape index (κ3) is 4.21. The van der Waals surface area contributed by atoms with Crippen LogP contribution in [-0.2, 0) is 6.42 Å². The van der Waals surface area contributed by atoms with Gasteiger partial charge in [0, 0.05) is 16.6 Å². The van der Waals surface area contributed by atoms with Crippen molar-refractivity contribution in [2.75, 3.05) is 6.54 Å². The number of carbonyl (C=O) groups is 1. The number of hydrogen-bond acceptors (Lipinski definition) is 2. The molecule has 0 saturated heterocycles. The summed E-state index contributed by atoms with van der Waals surface area (Å²) in [4.78, 5) is 12.6. The number of halogens is 3. The molecule has 0 radical (unpaired) electrons. The number of hydrogen-bond donors (Lipinski definition) is 1. The second-order valence-electron chi connectivity index (χ2n) is 5.78. The molecule has 0 fully saturated rings. The maximum Gasteiger partial charge on any atom is 0.256 e. The number of benzene rings is 2. The van der Waals surface area contributed by atoms with E-state index in [-0.39, 0.29) is 11.1 Å². The fourth-order valence-electron chi connectivity index (χ4n) is 2.66. The predicted octanol–water partition coefficient (Wildman–Crippen LogP) is 5.11. The molecule has 0 aliphatic carbocycles. The average Bonchev–Trinajstić information content (AvgIpc) is 2.89. The molecule has 0 atom stereocenters. The lowest BCUT2D eigenvalue weighted by Gasteiger charge is -2.07. The fraction of sp³-hybridized carbons (Fsp3) is 0.158. The Bertz CT molecular complexity index is 918. The quantitative estimate of drug-likeness (QED) is 0.637. The summed E-state index contributed by atoms with van der Waals surface area (Å²) in [7, 11) is 0. The van der Waals surface area contributed by atoms with Gasteiger partial charge in [-0.3, -0.25) is 4.79 Å². The van der Waals surface area contributed by atoms with E-state index in [1.54, 1.807) is 17.7 Å². The number of amides is 1. The Morgan fingerprint density at radius 2 is 1.73 bits per heavy atom. The summed E-state index contributed by atoms with van der Waals surface area (Å²) in [5.41, 5.74) is 2.70. The molecule has 1 aromatic heterocycles. The van der Waals surface area contributed by atoms with Crippen molar-refractivity contribution in [3.63, 3.8) is 0 Å². The third-order valence-corrected chi connectivity index (χ3v) is 4.64. The first-order valence-electron chi connectivity index (χ1n) is 7.99. The molecule has 4 nitrogen and oxygen atoms in total. The van der Waals surface area contributed by atoms with Gasteiger partial charge in [0.25, 0.3) is 5.91 Å². The van der Waals surface area contributed by atoms with Crippen LogP contribution in [0.25, 0.3) is 5.69 Å². The van der Waals surface area contributed by atoms with E-state index < -0.39 is 0 Å². The van der Waals surface area contributed by atoms with Crippen molar-refractivity contribution in [3.05, 3.63) is 80.6 Å². The molecule has 0 spiro atoms. The van der Waals surface area contributed by atoms with Crippen LogP contribution in [0.5, 0.6) is 0 Å². The first-order chi connectivity index (χ1) is 12.5. The van der Waals surface area contributed by atoms with Crippen LogP contribution in [0.3, 0.4) is 0 Å². The molecule has 7 heteroatoms. The zero-order valence-corrected chi connectivity index (χ0v) is 16.2. The van der Waals surface area contributed by atoms with Gasteiger partial charge >= 0.3 is 0 Å². The highest BCUT2D eigenvalue weighted by atomic mass is 35.5. The molecule has 0 aliphatic rings. The number of nitrogens with one attached hydrogen (secondary N) is 1. The van der Waals surface area contributed by atoms with Gasteiger partial charge in [-0.15, -0.1) is 0 Å². The van der Waals surface area contributed by atoms with Gasteiger partial charge in [0.1, 0.15) is 5.15 Å². The Labute approximate surface area is 166 Å². The monoisotopic (exact) mass is 407 g/mol. The molecular formula is C19H16Cl3N3O. The summed E-state index contributed by atoms with van der Waals surface area (Å²) in [6.07, 6.45) is 0.607. The number of rotatable bonds is 5. The normalized spacial score (nSPS) is 10.8. The van der Waals surface area contributed by atoms with Crippen molar-refractivity contribution in [2.45, 2.75) is 13.3 Å². The van der Waals surface area contributed by atoms with Crippen LogP contribution in [0.1, 0.15) is 21.6 Å². The zero-order valence-electron chi connectivity index (χ0n) is 14.0. The summed E-state index contributed by atoms with van der Waals surface area (Å²) in [6, 6.07) is 14.8. The molecule has 1 N–H and O–H groups in total. The molecule has 3 rings (SSSR count). The highest BCUT2D eigenvalue weighted by Crippen LogP contribution is 2.23. The van der Waals surface area contributed by atoms with Crippen molar-refractivity contribution in [1.29, 1.82) is 0 Å². The maximum absolute atomic E-state index is 12.6. The number of aromatic nitrogens is 2. The first-order valence-corrected chi connectivity index (χ1v) is 9.13. The van der Waals surface area contributed by atoms with Gasteiger partial charge in [-0.1, -0.05) is 53.0 Å². The lowest BCUT2D eigenvalue weighted by atomic mass is 10.1. The zero-order chi connectivity index (χ0) is 18.7. The third-order valence-electron chi connectivity index (χ3n) is 3.85. The molecule has 3 aromatic rings. The number of para-hydroxylation sites is 1. The molecule has 1 heterocycles. The van der Waals surface area contributed by atoms with Gasteiger partial charge < -0.3 is 5.32 Å². The standard InChI is InChI=1S/C19H16Cl3N3O/c1-12-17(18(22)25(24-12)16-5-3-2-4-6-16)19(26)23-8-7-13-9-14(20)11-15(21)10-13/h2-6,9-11H,7-8H2,1H3,(H,23,26). The molecule has 26 heavy (non-hydrogen) atoms. The van der Waals surface area contributed by atoms with Gasteiger partial charge in [-0.25, -0.2) is 4.68 Å². The van der Waals surface area contributed by atoms with Gasteiger partial charge in [-0.2, -0.15) is 5.10 Å². The van der Waals surface area contributed by atoms with E-state index in [2.05, 4.69) is 10.4 Å². The molecule has 0 saturated carbocycles. The average molecular weight is 409 g/mol. The van der Waals surface area contributed by atoms with Crippen molar-refractivity contribution < 1.29 is 4.79 Å². The van der Waals surface area contributed by atoms with E-state index >= 15 is 0 Å². The van der Waals surface area contributed by atoms with Crippen LogP contribution in [0.15, 0.2) is 48.5 Å². The van der Waals surface area contributed by atoms with Gasteiger partial charge in [0.2, 0.25) is 0 Å². The van der Waals surface area contributed by atoms with E-state index in [1.807, 2.05) is 42.5 Å². The maximum atomic E-state index is 12.6. The molecule has 0 unspecified atom stereocenters. The topological polar surface area (TPSA) is 46.9 Å². The summed E-state index contributed by atoms with van der Waals surface area (Å²) in [6.45, 7) is 2.19. The van der Waals surface area contributed by atoms with Crippen molar-refractivity contribution in [2.24, 2.45) is 0 Å². The van der Waals surface area contributed by atoms with Crippen LogP contribution in [0.4, 0.5) is 0 Å². The Hall–Kier alpha value is -2.01. The fourth-order valence-corrected chi connectivity index (χ4v) is 3.59. The van der Waals surface area contributed by atoms with E-state index in [1.165, 1.54) is 0 Å². The predicted molar refractivity (Wildman–Crippen MR) is 106 cm³/mol. The molecule has 0 aliphatic heterocycles. The van der Waals surface area contributed by atoms with Gasteiger partial charge in [-0.05, 0) is 49.2 Å². The van der Waals surface area contributed by atoms with Crippen LogP contribution < -0.4 is 5.32 Å². The highest BCUT2D eigenvalue weighted by molar-refractivity contribution is 6.34. The van der Waals surface area contributed by atoms with Crippen LogP contribution in [0, 0.1) is 6.92 Å². The second-order valence-corrected chi connectivity index (χ2v) is 7.01. The van der Waals surface area contributed by atoms with Gasteiger partial charge in [0.15, 0.2) is 0 Å². The lowest BCUT2D eigenvalue weighted by Crippen LogP contribution is -2.26. The number of nitrogens with zero attached hydrogens (tertiary/aromatic N) is 2. The highest BCUT2D eigenvalue weighted by Gasteiger charge is 2.20. The summed E-state index contributed by atoms with van der Waals surface area (Å²) >= 11 is 18.4. The van der Waals surface area contributed by atoms with Crippen LogP contribution in [-0.4, -0.2) is 22.2 Å². The molecule has 134 valence electrons. The molecular weight excluding hydrogens is 393 g/mol. The van der Waals surface area contributed by atoms with Crippen molar-refractivity contribution in [3.8, 4) is 5.69 Å². The van der Waals surface area contributed by atoms with Crippen molar-refractivity contribution >= 4 is 40.7 Å². The van der Waals surface area contributed by atoms with Crippen LogP contribution >= 0.6 is 34.8 Å². The number of aryl methyl sites for hydroxylation is 1. The molecule has 2 aromatic carbocycles. The van der Waals surface area contributed by atoms with E-state index in [0.717, 1.165) is 11.3 Å². The SMILES string of the molecule is Cc1nn(-c2ccccc2)c(Cl)c1C(=O)NCCc1cc(Cl)cc(Cl)c1. The van der Waals surface area contributed by atoms with Gasteiger partial charge in [0.05, 0.1) is 16.9 Å². The Balaban J connectivity index is 1.71. The Morgan fingerprint density at radius 1 is 1.08 bits per heavy atom. The summed E-state index contributed by atoms with van der Waals surface area (Å²) < 4.78 is 1.56. The molecule has 0 bridgehead atoms. The molecule has 1 amide bonds. The largest absolute Gasteiger partial charge is 0.352 e. The van der Waals surface area contributed by atoms with E-state index in [0.29, 0.717) is 34.3 Å². The number of carbonyl (C=O) groups excluding carboxylic acids is 1. The summed E-state index contributed by atoms with van der Waals surface area (Å²) in [5, 5.41) is 8.68. The van der Waals surface area contributed by atoms with Crippen LogP contribution in [0.2, 0.25) is 15.2 Å². The summed E-state index contributed by atoms with van der Waals surface area (Å²) in [5.74, 6) is -0.261.